The molecule has 1 aliphatic rings. The van der Waals surface area contributed by atoms with Gasteiger partial charge in [0.1, 0.15) is 16.8 Å². The summed E-state index contributed by atoms with van der Waals surface area (Å²) < 4.78 is 10.7. The number of thiophene rings is 1. The van der Waals surface area contributed by atoms with Gasteiger partial charge in [0.05, 0.1) is 18.8 Å². The number of hydrogen-bond donors (Lipinski definition) is 1. The molecule has 1 aliphatic carbocycles. The van der Waals surface area contributed by atoms with Crippen molar-refractivity contribution < 1.29 is 19.1 Å². The van der Waals surface area contributed by atoms with Crippen molar-refractivity contribution in [3.8, 4) is 11.8 Å². The van der Waals surface area contributed by atoms with Crippen LogP contribution in [0.1, 0.15) is 41.8 Å². The fourth-order valence-corrected chi connectivity index (χ4v) is 4.78. The highest BCUT2D eigenvalue weighted by molar-refractivity contribution is 7.16. The van der Waals surface area contributed by atoms with Crippen LogP contribution in [-0.4, -0.2) is 25.1 Å². The van der Waals surface area contributed by atoms with Gasteiger partial charge in [-0.3, -0.25) is 9.59 Å². The minimum absolute atomic E-state index is 0.241. The molecule has 0 radical (unpaired) electrons. The fourth-order valence-electron chi connectivity index (χ4n) is 3.46. The third-order valence-corrected chi connectivity index (χ3v) is 6.04. The first kappa shape index (κ1) is 21.6. The van der Waals surface area contributed by atoms with Gasteiger partial charge in [-0.25, -0.2) is 0 Å². The smallest absolute Gasteiger partial charge is 0.302 e. The van der Waals surface area contributed by atoms with Gasteiger partial charge in [-0.15, -0.1) is 11.3 Å². The zero-order valence-electron chi connectivity index (χ0n) is 17.1. The summed E-state index contributed by atoms with van der Waals surface area (Å²) in [5.74, 6) is 0.375. The molecule has 1 heterocycles. The predicted molar refractivity (Wildman–Crippen MR) is 116 cm³/mol. The highest BCUT2D eigenvalue weighted by Gasteiger charge is 2.26. The normalized spacial score (nSPS) is 15.3. The summed E-state index contributed by atoms with van der Waals surface area (Å²) in [4.78, 5) is 24.6. The maximum absolute atomic E-state index is 12.5. The van der Waals surface area contributed by atoms with E-state index in [1.807, 2.05) is 31.2 Å². The van der Waals surface area contributed by atoms with Crippen LogP contribution in [0.4, 0.5) is 5.00 Å². The number of para-hydroxylation sites is 1. The predicted octanol–water partition coefficient (Wildman–Crippen LogP) is 4.34. The maximum Gasteiger partial charge on any atom is 0.302 e. The Kier molecular flexibility index (Phi) is 7.26. The standard InChI is InChI=1S/C23H24N2O4S/c1-3-28-20-7-5-4-6-17(20)9-11-22(27)25-23-19(13-24)18-10-8-16(12-21(18)30-23)14-29-15(2)26/h4-7,9,11,16H,3,8,10,12,14H2,1-2H3,(H,25,27)/b11-9+. The largest absolute Gasteiger partial charge is 0.493 e. The highest BCUT2D eigenvalue weighted by atomic mass is 32.1. The van der Waals surface area contributed by atoms with Gasteiger partial charge in [-0.1, -0.05) is 18.2 Å². The van der Waals surface area contributed by atoms with Crippen LogP contribution in [0.25, 0.3) is 6.08 Å². The third-order valence-electron chi connectivity index (χ3n) is 4.87. The summed E-state index contributed by atoms with van der Waals surface area (Å²) in [5, 5.41) is 13.0. The second-order valence-electron chi connectivity index (χ2n) is 7.02. The SMILES string of the molecule is CCOc1ccccc1/C=C/C(=O)Nc1sc2c(c1C#N)CCC(COC(C)=O)C2. The number of nitriles is 1. The molecule has 0 bridgehead atoms. The Balaban J connectivity index is 1.71. The van der Waals surface area contributed by atoms with Crippen LogP contribution >= 0.6 is 11.3 Å². The van der Waals surface area contributed by atoms with E-state index in [1.54, 1.807) is 6.08 Å². The van der Waals surface area contributed by atoms with E-state index in [0.29, 0.717) is 29.5 Å². The van der Waals surface area contributed by atoms with Gasteiger partial charge in [0, 0.05) is 23.4 Å². The lowest BCUT2D eigenvalue weighted by Gasteiger charge is -2.21. The number of carbonyl (C=O) groups is 2. The summed E-state index contributed by atoms with van der Waals surface area (Å²) >= 11 is 1.43. The number of fused-ring (bicyclic) bond motifs is 1. The summed E-state index contributed by atoms with van der Waals surface area (Å²) in [6, 6.07) is 9.74. The molecule has 156 valence electrons. The topological polar surface area (TPSA) is 88.4 Å². The average molecular weight is 425 g/mol. The second-order valence-corrected chi connectivity index (χ2v) is 8.13. The molecule has 0 spiro atoms. The molecular weight excluding hydrogens is 400 g/mol. The summed E-state index contributed by atoms with van der Waals surface area (Å²) in [6.07, 6.45) is 5.49. The van der Waals surface area contributed by atoms with E-state index in [9.17, 15) is 14.9 Å². The van der Waals surface area contributed by atoms with E-state index in [4.69, 9.17) is 9.47 Å². The molecule has 2 aromatic rings. The van der Waals surface area contributed by atoms with Gasteiger partial charge in [-0.05, 0) is 49.8 Å². The van der Waals surface area contributed by atoms with Crippen molar-refractivity contribution in [3.05, 3.63) is 51.9 Å². The molecule has 30 heavy (non-hydrogen) atoms. The van der Waals surface area contributed by atoms with Crippen LogP contribution in [0, 0.1) is 17.2 Å². The first-order valence-electron chi connectivity index (χ1n) is 9.90. The number of carbonyl (C=O) groups excluding carboxylic acids is 2. The van der Waals surface area contributed by atoms with E-state index >= 15 is 0 Å². The molecule has 1 amide bonds. The van der Waals surface area contributed by atoms with Gasteiger partial charge in [0.15, 0.2) is 0 Å². The molecule has 1 N–H and O–H groups in total. The van der Waals surface area contributed by atoms with Crippen LogP contribution in [0.15, 0.2) is 30.3 Å². The molecule has 0 saturated carbocycles. The number of esters is 1. The quantitative estimate of drug-likeness (QED) is 0.528. The van der Waals surface area contributed by atoms with Crippen LogP contribution in [0.3, 0.4) is 0 Å². The molecule has 1 aromatic heterocycles. The monoisotopic (exact) mass is 424 g/mol. The Morgan fingerprint density at radius 2 is 2.17 bits per heavy atom. The van der Waals surface area contributed by atoms with Crippen molar-refractivity contribution in [3.63, 3.8) is 0 Å². The van der Waals surface area contributed by atoms with Crippen molar-refractivity contribution in [2.24, 2.45) is 5.92 Å². The Bertz CT molecular complexity index is 1000. The van der Waals surface area contributed by atoms with Crippen LogP contribution in [0.2, 0.25) is 0 Å². The van der Waals surface area contributed by atoms with Crippen LogP contribution < -0.4 is 10.1 Å². The van der Waals surface area contributed by atoms with Crippen molar-refractivity contribution in [1.82, 2.24) is 0 Å². The molecule has 7 heteroatoms. The van der Waals surface area contributed by atoms with Gasteiger partial charge in [-0.2, -0.15) is 5.26 Å². The fraction of sp³-hybridized carbons (Fsp3) is 0.348. The lowest BCUT2D eigenvalue weighted by Crippen LogP contribution is -2.19. The lowest BCUT2D eigenvalue weighted by atomic mass is 9.88. The van der Waals surface area contributed by atoms with E-state index in [0.717, 1.165) is 35.3 Å². The zero-order valence-corrected chi connectivity index (χ0v) is 17.9. The number of amides is 1. The minimum atomic E-state index is -0.298. The molecule has 0 saturated heterocycles. The van der Waals surface area contributed by atoms with Crippen molar-refractivity contribution in [2.45, 2.75) is 33.1 Å². The van der Waals surface area contributed by atoms with Gasteiger partial charge >= 0.3 is 5.97 Å². The zero-order chi connectivity index (χ0) is 21.5. The molecule has 6 nitrogen and oxygen atoms in total. The number of rotatable bonds is 7. The Hall–Kier alpha value is -3.11. The molecule has 1 unspecified atom stereocenters. The third kappa shape index (κ3) is 5.28. The number of nitrogens with one attached hydrogen (secondary N) is 1. The van der Waals surface area contributed by atoms with E-state index < -0.39 is 0 Å². The van der Waals surface area contributed by atoms with Gasteiger partial charge in [0.2, 0.25) is 5.91 Å². The minimum Gasteiger partial charge on any atom is -0.493 e. The Morgan fingerprint density at radius 3 is 2.90 bits per heavy atom. The number of anilines is 1. The summed E-state index contributed by atoms with van der Waals surface area (Å²) in [6.45, 7) is 4.24. The molecule has 1 aromatic carbocycles. The van der Waals surface area contributed by atoms with Crippen molar-refractivity contribution >= 4 is 34.3 Å². The van der Waals surface area contributed by atoms with Crippen LogP contribution in [0.5, 0.6) is 5.75 Å². The average Bonchev–Trinajstić information content (AvgIpc) is 3.07. The number of benzene rings is 1. The molecular formula is C23H24N2O4S. The van der Waals surface area contributed by atoms with Crippen molar-refractivity contribution in [1.29, 1.82) is 5.26 Å². The number of hydrogen-bond acceptors (Lipinski definition) is 6. The van der Waals surface area contributed by atoms with E-state index in [1.165, 1.54) is 24.3 Å². The van der Waals surface area contributed by atoms with E-state index in [-0.39, 0.29) is 17.8 Å². The first-order valence-corrected chi connectivity index (χ1v) is 10.7. The highest BCUT2D eigenvalue weighted by Crippen LogP contribution is 2.39. The lowest BCUT2D eigenvalue weighted by molar-refractivity contribution is -0.142. The van der Waals surface area contributed by atoms with Crippen LogP contribution in [-0.2, 0) is 27.2 Å². The molecule has 0 fully saturated rings. The Labute approximate surface area is 180 Å². The first-order chi connectivity index (χ1) is 14.5. The number of nitrogens with zero attached hydrogens (tertiary/aromatic N) is 1. The van der Waals surface area contributed by atoms with Crippen molar-refractivity contribution in [2.75, 3.05) is 18.5 Å². The molecule has 1 atom stereocenters. The maximum atomic E-state index is 12.5. The summed E-state index contributed by atoms with van der Waals surface area (Å²) in [7, 11) is 0. The summed E-state index contributed by atoms with van der Waals surface area (Å²) in [5.41, 5.74) is 2.36. The van der Waals surface area contributed by atoms with Gasteiger partial charge in [0.25, 0.3) is 0 Å². The second kappa shape index (κ2) is 10.1. The Morgan fingerprint density at radius 1 is 1.37 bits per heavy atom. The van der Waals surface area contributed by atoms with Gasteiger partial charge < -0.3 is 14.8 Å². The number of ether oxygens (including phenoxy) is 2. The molecule has 3 rings (SSSR count). The van der Waals surface area contributed by atoms with E-state index in [2.05, 4.69) is 11.4 Å². The molecule has 0 aliphatic heterocycles.